The Balaban J connectivity index is 1.54. The summed E-state index contributed by atoms with van der Waals surface area (Å²) >= 11 is 0. The van der Waals surface area contributed by atoms with Crippen molar-refractivity contribution in [2.75, 3.05) is 0 Å². The minimum Gasteiger partial charge on any atom is -0.458 e. The number of esters is 1. The first kappa shape index (κ1) is 19.8. The van der Waals surface area contributed by atoms with Crippen molar-refractivity contribution < 1.29 is 19.4 Å². The molecule has 0 amide bonds. The Kier molecular flexibility index (Phi) is 4.23. The number of fused-ring (bicyclic) bond motifs is 2. The van der Waals surface area contributed by atoms with E-state index in [9.17, 15) is 9.90 Å². The van der Waals surface area contributed by atoms with Crippen LogP contribution in [0.5, 0.6) is 0 Å². The molecule has 2 aliphatic heterocycles. The Morgan fingerprint density at radius 1 is 1.24 bits per heavy atom. The molecule has 4 nitrogen and oxygen atoms in total. The van der Waals surface area contributed by atoms with E-state index in [2.05, 4.69) is 39.8 Å². The second-order valence-corrected chi connectivity index (χ2v) is 11.4. The second kappa shape index (κ2) is 6.20. The van der Waals surface area contributed by atoms with E-state index in [0.717, 1.165) is 37.7 Å². The number of allylic oxidation sites excluding steroid dienone is 2. The molecule has 5 rings (SSSR count). The van der Waals surface area contributed by atoms with E-state index in [4.69, 9.17) is 9.47 Å². The molecule has 0 aromatic rings. The number of hydrogen-bond acceptors (Lipinski definition) is 4. The van der Waals surface area contributed by atoms with Gasteiger partial charge in [0.2, 0.25) is 0 Å². The van der Waals surface area contributed by atoms with Gasteiger partial charge in [0.25, 0.3) is 0 Å². The molecule has 4 heteroatoms. The van der Waals surface area contributed by atoms with Crippen LogP contribution in [0.15, 0.2) is 23.3 Å². The first-order valence-electron chi connectivity index (χ1n) is 11.5. The molecule has 1 N–H and O–H groups in total. The molecule has 1 spiro atoms. The van der Waals surface area contributed by atoms with Crippen LogP contribution in [0, 0.1) is 29.1 Å². The smallest absolute Gasteiger partial charge is 0.334 e. The zero-order valence-electron chi connectivity index (χ0n) is 18.5. The quantitative estimate of drug-likeness (QED) is 0.518. The van der Waals surface area contributed by atoms with Crippen LogP contribution in [-0.4, -0.2) is 34.5 Å². The third kappa shape index (κ3) is 2.74. The summed E-state index contributed by atoms with van der Waals surface area (Å²) in [6, 6.07) is 0. The molecule has 0 aromatic carbocycles. The third-order valence-electron chi connectivity index (χ3n) is 9.19. The minimum absolute atomic E-state index is 0.0622. The molecule has 9 atom stereocenters. The van der Waals surface area contributed by atoms with Gasteiger partial charge in [-0.05, 0) is 76.0 Å². The number of hydrogen-bond donors (Lipinski definition) is 1. The molecule has 0 unspecified atom stereocenters. The number of rotatable bonds is 1. The van der Waals surface area contributed by atoms with Gasteiger partial charge in [0.15, 0.2) is 0 Å². The number of aliphatic hydroxyl groups is 1. The molecule has 2 saturated heterocycles. The van der Waals surface area contributed by atoms with Crippen LogP contribution in [0.1, 0.15) is 73.1 Å². The van der Waals surface area contributed by atoms with Crippen molar-refractivity contribution in [3.05, 3.63) is 23.3 Å². The number of carbonyl (C=O) groups is 1. The molecule has 2 heterocycles. The maximum atomic E-state index is 12.6. The molecular formula is C25H36O4. The van der Waals surface area contributed by atoms with E-state index >= 15 is 0 Å². The van der Waals surface area contributed by atoms with Crippen LogP contribution in [0.4, 0.5) is 0 Å². The van der Waals surface area contributed by atoms with Gasteiger partial charge in [0.05, 0.1) is 17.3 Å². The van der Waals surface area contributed by atoms with Crippen molar-refractivity contribution in [1.82, 2.24) is 0 Å². The predicted molar refractivity (Wildman–Crippen MR) is 111 cm³/mol. The highest BCUT2D eigenvalue weighted by Crippen LogP contribution is 2.65. The highest BCUT2D eigenvalue weighted by molar-refractivity contribution is 5.92. The van der Waals surface area contributed by atoms with Gasteiger partial charge in [-0.2, -0.15) is 0 Å². The summed E-state index contributed by atoms with van der Waals surface area (Å²) in [6.45, 7) is 11.0. The Hall–Kier alpha value is -1.13. The van der Waals surface area contributed by atoms with Crippen molar-refractivity contribution >= 4 is 5.97 Å². The van der Waals surface area contributed by atoms with Crippen LogP contribution in [0.3, 0.4) is 0 Å². The van der Waals surface area contributed by atoms with E-state index < -0.39 is 5.60 Å². The average molecular weight is 401 g/mol. The number of carbonyl (C=O) groups excluding carboxylic acids is 1. The summed E-state index contributed by atoms with van der Waals surface area (Å²) in [7, 11) is 0. The van der Waals surface area contributed by atoms with Crippen molar-refractivity contribution in [2.45, 2.75) is 96.6 Å². The highest BCUT2D eigenvalue weighted by Gasteiger charge is 2.65. The topological polar surface area (TPSA) is 55.8 Å². The fourth-order valence-corrected chi connectivity index (χ4v) is 7.86. The lowest BCUT2D eigenvalue weighted by atomic mass is 9.62. The minimum atomic E-state index is -0.775. The summed E-state index contributed by atoms with van der Waals surface area (Å²) < 4.78 is 12.5. The molecule has 2 saturated carbocycles. The summed E-state index contributed by atoms with van der Waals surface area (Å²) in [5, 5.41) is 11.2. The van der Waals surface area contributed by atoms with Crippen molar-refractivity contribution in [3.8, 4) is 0 Å². The largest absolute Gasteiger partial charge is 0.458 e. The molecule has 0 aromatic heterocycles. The third-order valence-corrected chi connectivity index (χ3v) is 9.19. The SMILES string of the molecule is CC(C)=C[C@H]1C[C@H](C)[C@]2(CC[C@]3(C)C[C@H]4[C@H]5/C(=C\C[C@H]32)C(=O)O[C@H]5C[C@@]4(C)O)O1. The Morgan fingerprint density at radius 3 is 2.72 bits per heavy atom. The van der Waals surface area contributed by atoms with E-state index in [1.54, 1.807) is 0 Å². The zero-order chi connectivity index (χ0) is 20.8. The molecule has 5 aliphatic rings. The van der Waals surface area contributed by atoms with Gasteiger partial charge in [-0.1, -0.05) is 31.6 Å². The van der Waals surface area contributed by atoms with Crippen LogP contribution >= 0.6 is 0 Å². The normalized spacial score (nSPS) is 55.0. The number of ether oxygens (including phenoxy) is 2. The molecule has 160 valence electrons. The lowest BCUT2D eigenvalue weighted by molar-refractivity contribution is -0.140. The standard InChI is InChI=1S/C25H36O4/c1-14(2)10-16-11-15(3)25(29-16)9-8-23(4)12-18-21-17(6-7-20(23)25)22(26)28-19(21)13-24(18,5)27/h6,10,15-16,18-21,27H,7-9,11-13H2,1-5H3/b17-6+/t15-,16-,18-,19-,20+,21+,23+,24+,25-/m0/s1. The van der Waals surface area contributed by atoms with Gasteiger partial charge in [-0.3, -0.25) is 0 Å². The van der Waals surface area contributed by atoms with Gasteiger partial charge in [-0.15, -0.1) is 0 Å². The predicted octanol–water partition coefficient (Wildman–Crippen LogP) is 4.57. The Morgan fingerprint density at radius 2 is 2.00 bits per heavy atom. The molecular weight excluding hydrogens is 364 g/mol. The van der Waals surface area contributed by atoms with Crippen LogP contribution in [-0.2, 0) is 14.3 Å². The fraction of sp³-hybridized carbons (Fsp3) is 0.800. The lowest BCUT2D eigenvalue weighted by Gasteiger charge is -2.45. The Bertz CT molecular complexity index is 791. The first-order valence-corrected chi connectivity index (χ1v) is 11.5. The summed E-state index contributed by atoms with van der Waals surface area (Å²) in [4.78, 5) is 12.6. The molecule has 0 bridgehead atoms. The summed E-state index contributed by atoms with van der Waals surface area (Å²) in [5.41, 5.74) is 1.35. The van der Waals surface area contributed by atoms with E-state index in [1.165, 1.54) is 5.57 Å². The Labute approximate surface area is 174 Å². The van der Waals surface area contributed by atoms with Gasteiger partial charge < -0.3 is 14.6 Å². The van der Waals surface area contributed by atoms with Gasteiger partial charge in [0, 0.05) is 17.9 Å². The lowest BCUT2D eigenvalue weighted by Crippen LogP contribution is -2.46. The van der Waals surface area contributed by atoms with E-state index in [1.807, 2.05) is 6.92 Å². The average Bonchev–Trinajstić information content (AvgIpc) is 3.21. The summed E-state index contributed by atoms with van der Waals surface area (Å²) in [6.07, 6.45) is 10.2. The first-order chi connectivity index (χ1) is 13.6. The van der Waals surface area contributed by atoms with Gasteiger partial charge in [-0.25, -0.2) is 4.79 Å². The maximum absolute atomic E-state index is 12.6. The van der Waals surface area contributed by atoms with Crippen LogP contribution in [0.2, 0.25) is 0 Å². The summed E-state index contributed by atoms with van der Waals surface area (Å²) in [5.74, 6) is 0.859. The highest BCUT2D eigenvalue weighted by atomic mass is 16.6. The van der Waals surface area contributed by atoms with Gasteiger partial charge >= 0.3 is 5.97 Å². The van der Waals surface area contributed by atoms with Crippen LogP contribution < -0.4 is 0 Å². The maximum Gasteiger partial charge on any atom is 0.334 e. The van der Waals surface area contributed by atoms with Crippen LogP contribution in [0.25, 0.3) is 0 Å². The monoisotopic (exact) mass is 400 g/mol. The zero-order valence-corrected chi connectivity index (χ0v) is 18.5. The van der Waals surface area contributed by atoms with E-state index in [0.29, 0.717) is 18.3 Å². The second-order valence-electron chi connectivity index (χ2n) is 11.4. The molecule has 3 aliphatic carbocycles. The van der Waals surface area contributed by atoms with Crippen molar-refractivity contribution in [3.63, 3.8) is 0 Å². The fourth-order valence-electron chi connectivity index (χ4n) is 7.86. The molecule has 29 heavy (non-hydrogen) atoms. The van der Waals surface area contributed by atoms with Crippen molar-refractivity contribution in [2.24, 2.45) is 29.1 Å². The van der Waals surface area contributed by atoms with E-state index in [-0.39, 0.29) is 41.0 Å². The van der Waals surface area contributed by atoms with Gasteiger partial charge in [0.1, 0.15) is 6.10 Å². The molecule has 4 fully saturated rings. The van der Waals surface area contributed by atoms with Crippen molar-refractivity contribution in [1.29, 1.82) is 0 Å². The molecule has 0 radical (unpaired) electrons.